The number of alkyl carbamates (subject to hydrolysis) is 1. The van der Waals surface area contributed by atoms with Crippen LogP contribution >= 0.6 is 0 Å². The standard InChI is InChI=1S/C20H29NO2/c1-2-3-4-5-6-7-8-12-15-20(17-23-19(22)21-20)16-18-13-10-9-11-14-18/h9-15H,2-8,16-17H2,1H3,(H,21,22)/t20-/m0/s1. The van der Waals surface area contributed by atoms with Gasteiger partial charge in [0.05, 0.1) is 5.54 Å². The molecule has 0 aliphatic carbocycles. The van der Waals surface area contributed by atoms with E-state index in [2.05, 4.69) is 36.5 Å². The summed E-state index contributed by atoms with van der Waals surface area (Å²) in [6.45, 7) is 2.65. The molecule has 0 aromatic heterocycles. The summed E-state index contributed by atoms with van der Waals surface area (Å²) < 4.78 is 5.16. The molecule has 0 radical (unpaired) electrons. The van der Waals surface area contributed by atoms with Gasteiger partial charge in [-0.15, -0.1) is 0 Å². The SMILES string of the molecule is CCCCCCCCC=C[C@]1(Cc2ccccc2)COC(=O)N1. The zero-order chi connectivity index (χ0) is 16.4. The highest BCUT2D eigenvalue weighted by Crippen LogP contribution is 2.21. The fourth-order valence-electron chi connectivity index (χ4n) is 3.03. The lowest BCUT2D eigenvalue weighted by molar-refractivity contribution is 0.174. The fourth-order valence-corrected chi connectivity index (χ4v) is 3.03. The van der Waals surface area contributed by atoms with Gasteiger partial charge < -0.3 is 10.1 Å². The van der Waals surface area contributed by atoms with Crippen LogP contribution in [0.3, 0.4) is 0 Å². The van der Waals surface area contributed by atoms with E-state index in [4.69, 9.17) is 4.74 Å². The number of unbranched alkanes of at least 4 members (excludes halogenated alkanes) is 6. The Bertz CT molecular complexity index is 498. The maximum Gasteiger partial charge on any atom is 0.408 e. The largest absolute Gasteiger partial charge is 0.447 e. The van der Waals surface area contributed by atoms with Gasteiger partial charge in [0.15, 0.2) is 0 Å². The highest BCUT2D eigenvalue weighted by molar-refractivity contribution is 5.71. The Kier molecular flexibility index (Phi) is 7.18. The van der Waals surface area contributed by atoms with E-state index in [1.165, 1.54) is 44.1 Å². The number of allylic oxidation sites excluding steroid dienone is 1. The number of carbonyl (C=O) groups excluding carboxylic acids is 1. The summed E-state index contributed by atoms with van der Waals surface area (Å²) in [5.41, 5.74) is 0.822. The number of amides is 1. The van der Waals surface area contributed by atoms with Crippen molar-refractivity contribution in [2.45, 2.75) is 63.8 Å². The fraction of sp³-hybridized carbons (Fsp3) is 0.550. The van der Waals surface area contributed by atoms with Crippen molar-refractivity contribution in [1.29, 1.82) is 0 Å². The number of hydrogen-bond donors (Lipinski definition) is 1. The molecule has 0 bridgehead atoms. The Hall–Kier alpha value is -1.77. The van der Waals surface area contributed by atoms with Crippen molar-refractivity contribution in [3.63, 3.8) is 0 Å². The predicted molar refractivity (Wildman–Crippen MR) is 94.5 cm³/mol. The summed E-state index contributed by atoms with van der Waals surface area (Å²) in [4.78, 5) is 11.5. The van der Waals surface area contributed by atoms with Crippen molar-refractivity contribution in [3.05, 3.63) is 48.0 Å². The van der Waals surface area contributed by atoms with Gasteiger partial charge in [0.25, 0.3) is 0 Å². The predicted octanol–water partition coefficient (Wildman–Crippen LogP) is 5.01. The summed E-state index contributed by atoms with van der Waals surface area (Å²) in [5.74, 6) is 0. The van der Waals surface area contributed by atoms with Crippen molar-refractivity contribution >= 4 is 6.09 Å². The van der Waals surface area contributed by atoms with E-state index in [0.717, 1.165) is 12.8 Å². The first-order valence-corrected chi connectivity index (χ1v) is 8.91. The Labute approximate surface area is 140 Å². The van der Waals surface area contributed by atoms with Gasteiger partial charge in [-0.1, -0.05) is 81.5 Å². The highest BCUT2D eigenvalue weighted by atomic mass is 16.6. The van der Waals surface area contributed by atoms with E-state index in [0.29, 0.717) is 6.61 Å². The summed E-state index contributed by atoms with van der Waals surface area (Å²) in [5, 5.41) is 2.99. The second-order valence-corrected chi connectivity index (χ2v) is 6.48. The van der Waals surface area contributed by atoms with E-state index in [9.17, 15) is 4.79 Å². The monoisotopic (exact) mass is 315 g/mol. The molecule has 1 N–H and O–H groups in total. The molecular formula is C20H29NO2. The number of ether oxygens (including phenoxy) is 1. The molecule has 23 heavy (non-hydrogen) atoms. The van der Waals surface area contributed by atoms with Crippen molar-refractivity contribution < 1.29 is 9.53 Å². The van der Waals surface area contributed by atoms with Crippen LogP contribution in [0.5, 0.6) is 0 Å². The summed E-state index contributed by atoms with van der Waals surface area (Å²) in [6, 6.07) is 10.2. The number of benzene rings is 1. The smallest absolute Gasteiger partial charge is 0.408 e. The summed E-state index contributed by atoms with van der Waals surface area (Å²) in [7, 11) is 0. The van der Waals surface area contributed by atoms with Crippen LogP contribution in [0.15, 0.2) is 42.5 Å². The molecule has 1 fully saturated rings. The average Bonchev–Trinajstić information content (AvgIpc) is 2.92. The van der Waals surface area contributed by atoms with Crippen LogP contribution in [0.4, 0.5) is 4.79 Å². The number of carbonyl (C=O) groups is 1. The number of hydrogen-bond acceptors (Lipinski definition) is 2. The first-order chi connectivity index (χ1) is 11.2. The maximum absolute atomic E-state index is 11.5. The molecule has 2 rings (SSSR count). The van der Waals surface area contributed by atoms with Gasteiger partial charge in [0.2, 0.25) is 0 Å². The quantitative estimate of drug-likeness (QED) is 0.486. The van der Waals surface area contributed by atoms with Crippen molar-refractivity contribution in [2.75, 3.05) is 6.61 Å². The van der Waals surface area contributed by atoms with E-state index >= 15 is 0 Å². The molecule has 1 aliphatic heterocycles. The van der Waals surface area contributed by atoms with Gasteiger partial charge in [0.1, 0.15) is 6.61 Å². The van der Waals surface area contributed by atoms with E-state index < -0.39 is 0 Å². The van der Waals surface area contributed by atoms with Crippen molar-refractivity contribution in [1.82, 2.24) is 5.32 Å². The van der Waals surface area contributed by atoms with Crippen LogP contribution in [0.25, 0.3) is 0 Å². The lowest BCUT2D eigenvalue weighted by Gasteiger charge is -2.22. The Balaban J connectivity index is 1.82. The van der Waals surface area contributed by atoms with Gasteiger partial charge in [-0.2, -0.15) is 0 Å². The number of rotatable bonds is 10. The normalized spacial score (nSPS) is 20.7. The lowest BCUT2D eigenvalue weighted by atomic mass is 9.91. The summed E-state index contributed by atoms with van der Waals surface area (Å²) >= 11 is 0. The van der Waals surface area contributed by atoms with Crippen molar-refractivity contribution in [2.24, 2.45) is 0 Å². The van der Waals surface area contributed by atoms with Crippen LogP contribution in [-0.4, -0.2) is 18.2 Å². The molecule has 0 unspecified atom stereocenters. The van der Waals surface area contributed by atoms with Crippen LogP contribution < -0.4 is 5.32 Å². The van der Waals surface area contributed by atoms with Gasteiger partial charge >= 0.3 is 6.09 Å². The molecule has 0 spiro atoms. The van der Waals surface area contributed by atoms with Gasteiger partial charge in [-0.25, -0.2) is 4.79 Å². The molecule has 1 atom stereocenters. The molecule has 1 amide bonds. The molecule has 1 heterocycles. The molecule has 1 aromatic rings. The molecule has 1 aromatic carbocycles. The second kappa shape index (κ2) is 9.39. The zero-order valence-electron chi connectivity index (χ0n) is 14.2. The summed E-state index contributed by atoms with van der Waals surface area (Å²) in [6.07, 6.45) is 13.7. The van der Waals surface area contributed by atoms with E-state index in [1.54, 1.807) is 0 Å². The van der Waals surface area contributed by atoms with Gasteiger partial charge in [0, 0.05) is 6.42 Å². The second-order valence-electron chi connectivity index (χ2n) is 6.48. The minimum atomic E-state index is -0.388. The maximum atomic E-state index is 11.5. The molecule has 3 nitrogen and oxygen atoms in total. The minimum Gasteiger partial charge on any atom is -0.447 e. The van der Waals surface area contributed by atoms with E-state index in [1.807, 2.05) is 18.2 Å². The molecule has 126 valence electrons. The first kappa shape index (κ1) is 17.6. The Morgan fingerprint density at radius 1 is 1.13 bits per heavy atom. The molecule has 1 aliphatic rings. The molecule has 1 saturated heterocycles. The van der Waals surface area contributed by atoms with Crippen LogP contribution in [0.1, 0.15) is 57.4 Å². The number of nitrogens with one attached hydrogen (secondary N) is 1. The van der Waals surface area contributed by atoms with Crippen LogP contribution in [-0.2, 0) is 11.2 Å². The Morgan fingerprint density at radius 3 is 2.57 bits per heavy atom. The molecule has 0 saturated carbocycles. The third-order valence-corrected chi connectivity index (χ3v) is 4.34. The van der Waals surface area contributed by atoms with E-state index in [-0.39, 0.29) is 11.6 Å². The topological polar surface area (TPSA) is 38.3 Å². The minimum absolute atomic E-state index is 0.315. The van der Waals surface area contributed by atoms with Crippen LogP contribution in [0, 0.1) is 0 Å². The molecular weight excluding hydrogens is 286 g/mol. The van der Waals surface area contributed by atoms with Crippen LogP contribution in [0.2, 0.25) is 0 Å². The third kappa shape index (κ3) is 6.09. The average molecular weight is 315 g/mol. The Morgan fingerprint density at radius 2 is 1.87 bits per heavy atom. The third-order valence-electron chi connectivity index (χ3n) is 4.34. The zero-order valence-corrected chi connectivity index (χ0v) is 14.2. The highest BCUT2D eigenvalue weighted by Gasteiger charge is 2.37. The lowest BCUT2D eigenvalue weighted by Crippen LogP contribution is -2.43. The van der Waals surface area contributed by atoms with Crippen molar-refractivity contribution in [3.8, 4) is 0 Å². The first-order valence-electron chi connectivity index (χ1n) is 8.91. The van der Waals surface area contributed by atoms with Gasteiger partial charge in [-0.05, 0) is 18.4 Å². The molecule has 3 heteroatoms. The number of cyclic esters (lactones) is 1. The van der Waals surface area contributed by atoms with Gasteiger partial charge in [-0.3, -0.25) is 0 Å².